The quantitative estimate of drug-likeness (QED) is 0.599. The highest BCUT2D eigenvalue weighted by Gasteiger charge is 2.25. The lowest BCUT2D eigenvalue weighted by molar-refractivity contribution is 0.107. The molecule has 102 valence electrons. The number of aromatic nitrogens is 2. The van der Waals surface area contributed by atoms with E-state index >= 15 is 0 Å². The van der Waals surface area contributed by atoms with E-state index in [0.29, 0.717) is 4.77 Å². The van der Waals surface area contributed by atoms with Crippen LogP contribution in [-0.2, 0) is 0 Å². The van der Waals surface area contributed by atoms with Crippen LogP contribution >= 0.6 is 28.1 Å². The van der Waals surface area contributed by atoms with Gasteiger partial charge in [-0.3, -0.25) is 0 Å². The Kier molecular flexibility index (Phi) is 3.78. The van der Waals surface area contributed by atoms with Crippen molar-refractivity contribution >= 4 is 39.2 Å². The third kappa shape index (κ3) is 2.51. The molecule has 1 aliphatic rings. The van der Waals surface area contributed by atoms with Crippen molar-refractivity contribution in [3.8, 4) is 0 Å². The lowest BCUT2D eigenvalue weighted by Crippen LogP contribution is -2.23. The van der Waals surface area contributed by atoms with Gasteiger partial charge in [0.05, 0.1) is 23.2 Å². The second-order valence-corrected chi connectivity index (χ2v) is 6.54. The van der Waals surface area contributed by atoms with E-state index in [9.17, 15) is 5.11 Å². The molecule has 2 unspecified atom stereocenters. The van der Waals surface area contributed by atoms with E-state index in [4.69, 9.17) is 12.2 Å². The van der Waals surface area contributed by atoms with Crippen LogP contribution < -0.4 is 0 Å². The van der Waals surface area contributed by atoms with E-state index in [1.807, 2.05) is 12.1 Å². The highest BCUT2D eigenvalue weighted by molar-refractivity contribution is 9.10. The predicted molar refractivity (Wildman–Crippen MR) is 83.0 cm³/mol. The number of imidazole rings is 1. The Balaban J connectivity index is 2.15. The molecule has 0 aliphatic heterocycles. The Morgan fingerprint density at radius 3 is 2.89 bits per heavy atom. The molecule has 2 N–H and O–H groups in total. The zero-order valence-electron chi connectivity index (χ0n) is 10.6. The monoisotopic (exact) mass is 340 g/mol. The number of H-pyrrole nitrogens is 1. The fourth-order valence-electron chi connectivity index (χ4n) is 2.99. The van der Waals surface area contributed by atoms with E-state index in [0.717, 1.165) is 41.2 Å². The zero-order chi connectivity index (χ0) is 13.4. The molecule has 1 heterocycles. The van der Waals surface area contributed by atoms with Crippen molar-refractivity contribution in [2.24, 2.45) is 0 Å². The molecule has 0 amide bonds. The van der Waals surface area contributed by atoms with Crippen LogP contribution in [0.25, 0.3) is 11.0 Å². The average Bonchev–Trinajstić information content (AvgIpc) is 2.55. The van der Waals surface area contributed by atoms with E-state index < -0.39 is 0 Å². The summed E-state index contributed by atoms with van der Waals surface area (Å²) < 4.78 is 3.84. The Morgan fingerprint density at radius 1 is 1.26 bits per heavy atom. The SMILES string of the molecule is OC1CCCCCC1n1c(=S)[nH]c2ccc(Br)cc21. The first kappa shape index (κ1) is 13.3. The minimum atomic E-state index is -0.299. The van der Waals surface area contributed by atoms with Gasteiger partial charge in [0.25, 0.3) is 0 Å². The first-order chi connectivity index (χ1) is 9.16. The lowest BCUT2D eigenvalue weighted by Gasteiger charge is -2.22. The first-order valence-corrected chi connectivity index (χ1v) is 7.95. The van der Waals surface area contributed by atoms with E-state index in [1.54, 1.807) is 0 Å². The summed E-state index contributed by atoms with van der Waals surface area (Å²) in [5.41, 5.74) is 2.11. The lowest BCUT2D eigenvalue weighted by atomic mass is 10.1. The molecule has 1 aliphatic carbocycles. The molecule has 1 aromatic heterocycles. The number of nitrogens with zero attached hydrogens (tertiary/aromatic N) is 1. The van der Waals surface area contributed by atoms with Gasteiger partial charge in [0.1, 0.15) is 0 Å². The highest BCUT2D eigenvalue weighted by atomic mass is 79.9. The molecule has 3 rings (SSSR count). The van der Waals surface area contributed by atoms with E-state index in [1.165, 1.54) is 6.42 Å². The van der Waals surface area contributed by atoms with Gasteiger partial charge < -0.3 is 14.7 Å². The second-order valence-electron chi connectivity index (χ2n) is 5.23. The third-order valence-electron chi connectivity index (χ3n) is 3.96. The Bertz CT molecular complexity index is 648. The molecule has 1 aromatic carbocycles. The number of nitrogens with one attached hydrogen (secondary N) is 1. The molecule has 1 saturated carbocycles. The van der Waals surface area contributed by atoms with Crippen molar-refractivity contribution < 1.29 is 5.11 Å². The van der Waals surface area contributed by atoms with Crippen LogP contribution in [0.5, 0.6) is 0 Å². The van der Waals surface area contributed by atoms with Crippen molar-refractivity contribution in [3.63, 3.8) is 0 Å². The molecule has 0 radical (unpaired) electrons. The maximum Gasteiger partial charge on any atom is 0.178 e. The molecule has 2 atom stereocenters. The summed E-state index contributed by atoms with van der Waals surface area (Å²) in [4.78, 5) is 3.24. The first-order valence-electron chi connectivity index (χ1n) is 6.74. The van der Waals surface area contributed by atoms with Gasteiger partial charge >= 0.3 is 0 Å². The second kappa shape index (κ2) is 5.38. The summed E-state index contributed by atoms with van der Waals surface area (Å²) in [5.74, 6) is 0. The van der Waals surface area contributed by atoms with Crippen molar-refractivity contribution in [1.29, 1.82) is 0 Å². The van der Waals surface area contributed by atoms with Gasteiger partial charge in [0.15, 0.2) is 4.77 Å². The zero-order valence-corrected chi connectivity index (χ0v) is 13.0. The topological polar surface area (TPSA) is 41.0 Å². The third-order valence-corrected chi connectivity index (χ3v) is 4.75. The summed E-state index contributed by atoms with van der Waals surface area (Å²) in [6.45, 7) is 0. The summed E-state index contributed by atoms with van der Waals surface area (Å²) in [6.07, 6.45) is 5.03. The van der Waals surface area contributed by atoms with E-state index in [-0.39, 0.29) is 12.1 Å². The normalized spacial score (nSPS) is 24.5. The number of aliphatic hydroxyl groups is 1. The van der Waals surface area contributed by atoms with Crippen molar-refractivity contribution in [2.75, 3.05) is 0 Å². The molecular formula is C14H17BrN2OS. The number of benzene rings is 1. The molecule has 1 fully saturated rings. The van der Waals surface area contributed by atoms with Crippen LogP contribution in [0.3, 0.4) is 0 Å². The Hall–Kier alpha value is -0.650. The van der Waals surface area contributed by atoms with Crippen LogP contribution in [0, 0.1) is 4.77 Å². The number of rotatable bonds is 1. The number of halogens is 1. The number of aliphatic hydroxyl groups excluding tert-OH is 1. The van der Waals surface area contributed by atoms with E-state index in [2.05, 4.69) is 31.5 Å². The van der Waals surface area contributed by atoms with Crippen LogP contribution in [0.4, 0.5) is 0 Å². The van der Waals surface area contributed by atoms with Crippen molar-refractivity contribution in [3.05, 3.63) is 27.4 Å². The molecule has 2 aromatic rings. The summed E-state index contributed by atoms with van der Waals surface area (Å²) in [7, 11) is 0. The molecular weight excluding hydrogens is 324 g/mol. The number of fused-ring (bicyclic) bond motifs is 1. The van der Waals surface area contributed by atoms with Crippen LogP contribution in [0.1, 0.15) is 38.1 Å². The average molecular weight is 341 g/mol. The van der Waals surface area contributed by atoms with Gasteiger partial charge in [0.2, 0.25) is 0 Å². The smallest absolute Gasteiger partial charge is 0.178 e. The van der Waals surface area contributed by atoms with Gasteiger partial charge in [-0.25, -0.2) is 0 Å². The van der Waals surface area contributed by atoms with Gasteiger partial charge in [-0.1, -0.05) is 35.2 Å². The molecule has 0 spiro atoms. The highest BCUT2D eigenvalue weighted by Crippen LogP contribution is 2.31. The number of aromatic amines is 1. The fraction of sp³-hybridized carbons (Fsp3) is 0.500. The van der Waals surface area contributed by atoms with Crippen LogP contribution in [0.2, 0.25) is 0 Å². The minimum Gasteiger partial charge on any atom is -0.391 e. The maximum atomic E-state index is 10.4. The standard InChI is InChI=1S/C14H17BrN2OS/c15-9-6-7-10-12(8-9)17(14(19)16-10)11-4-2-1-3-5-13(11)18/h6-8,11,13,18H,1-5H2,(H,16,19). The molecule has 19 heavy (non-hydrogen) atoms. The summed E-state index contributed by atoms with van der Waals surface area (Å²) in [6, 6.07) is 6.19. The van der Waals surface area contributed by atoms with Crippen LogP contribution in [0.15, 0.2) is 22.7 Å². The van der Waals surface area contributed by atoms with Gasteiger partial charge in [-0.15, -0.1) is 0 Å². The minimum absolute atomic E-state index is 0.0954. The molecule has 0 bridgehead atoms. The summed E-state index contributed by atoms with van der Waals surface area (Å²) in [5, 5.41) is 10.4. The number of hydrogen-bond acceptors (Lipinski definition) is 2. The molecule has 5 heteroatoms. The molecule has 0 saturated heterocycles. The summed E-state index contributed by atoms with van der Waals surface area (Å²) >= 11 is 8.96. The van der Waals surface area contributed by atoms with Crippen LogP contribution in [-0.4, -0.2) is 20.8 Å². The van der Waals surface area contributed by atoms with Crippen molar-refractivity contribution in [2.45, 2.75) is 44.2 Å². The molecule has 3 nitrogen and oxygen atoms in total. The Morgan fingerprint density at radius 2 is 2.05 bits per heavy atom. The van der Waals surface area contributed by atoms with Gasteiger partial charge in [-0.05, 0) is 43.3 Å². The van der Waals surface area contributed by atoms with Gasteiger partial charge in [-0.2, -0.15) is 0 Å². The number of hydrogen-bond donors (Lipinski definition) is 2. The predicted octanol–water partition coefficient (Wildman–Crippen LogP) is 4.33. The fourth-order valence-corrected chi connectivity index (χ4v) is 3.69. The van der Waals surface area contributed by atoms with Gasteiger partial charge in [0, 0.05) is 4.47 Å². The van der Waals surface area contributed by atoms with Crippen molar-refractivity contribution in [1.82, 2.24) is 9.55 Å². The maximum absolute atomic E-state index is 10.4. The largest absolute Gasteiger partial charge is 0.391 e. The Labute approximate surface area is 125 Å².